The van der Waals surface area contributed by atoms with Gasteiger partial charge in [0.2, 0.25) is 0 Å². The zero-order chi connectivity index (χ0) is 28.0. The summed E-state index contributed by atoms with van der Waals surface area (Å²) in [6.07, 6.45) is 2.56. The summed E-state index contributed by atoms with van der Waals surface area (Å²) in [5.41, 5.74) is 5.47. The molecule has 3 aromatic carbocycles. The van der Waals surface area contributed by atoms with E-state index >= 15 is 0 Å². The van der Waals surface area contributed by atoms with E-state index in [1.165, 1.54) is 0 Å². The second kappa shape index (κ2) is 12.1. The minimum atomic E-state index is -0.0809. The molecular weight excluding hydrogens is 482 g/mol. The van der Waals surface area contributed by atoms with Crippen molar-refractivity contribution >= 4 is 0 Å². The van der Waals surface area contributed by atoms with Crippen molar-refractivity contribution in [1.29, 1.82) is 5.26 Å². The molecule has 0 bridgehead atoms. The summed E-state index contributed by atoms with van der Waals surface area (Å²) in [6, 6.07) is 25.8. The van der Waals surface area contributed by atoms with Crippen molar-refractivity contribution in [3.8, 4) is 28.6 Å². The Labute approximate surface area is 231 Å². The molecule has 0 amide bonds. The Morgan fingerprint density at radius 2 is 1.67 bits per heavy atom. The van der Waals surface area contributed by atoms with Crippen LogP contribution < -0.4 is 10.3 Å². The first-order chi connectivity index (χ1) is 18.8. The number of ether oxygens (including phenoxy) is 1. The van der Waals surface area contributed by atoms with Gasteiger partial charge in [0.1, 0.15) is 17.6 Å². The number of hydrogen-bond donors (Lipinski definition) is 0. The molecule has 0 saturated carbocycles. The van der Waals surface area contributed by atoms with Gasteiger partial charge in [-0.05, 0) is 52.8 Å². The number of aryl methyl sites for hydroxylation is 2. The normalized spacial score (nSPS) is 11.3. The standard InChI is InChI=1S/C34H37N3O2/c1-6-12-31-29(21-25-15-11-16-28(30(25)22-35)24-13-9-8-10-14-24)33(38)37(32(7-2)36-31)26-17-19-27(20-18-26)39-23-34(3,4)5/h8-11,13-20H,6-7,12,21,23H2,1-5H3. The van der Waals surface area contributed by atoms with E-state index in [9.17, 15) is 10.1 Å². The highest BCUT2D eigenvalue weighted by Gasteiger charge is 2.20. The summed E-state index contributed by atoms with van der Waals surface area (Å²) >= 11 is 0. The fraction of sp³-hybridized carbons (Fsp3) is 0.324. The number of nitriles is 1. The molecule has 0 atom stereocenters. The summed E-state index contributed by atoms with van der Waals surface area (Å²) in [7, 11) is 0. The quantitative estimate of drug-likeness (QED) is 0.233. The third-order valence-corrected chi connectivity index (χ3v) is 6.62. The fourth-order valence-corrected chi connectivity index (χ4v) is 4.69. The lowest BCUT2D eigenvalue weighted by atomic mass is 9.92. The van der Waals surface area contributed by atoms with E-state index in [0.717, 1.165) is 46.1 Å². The lowest BCUT2D eigenvalue weighted by Gasteiger charge is -2.20. The van der Waals surface area contributed by atoms with Crippen molar-refractivity contribution < 1.29 is 4.74 Å². The van der Waals surface area contributed by atoms with Crippen molar-refractivity contribution in [2.24, 2.45) is 5.41 Å². The Balaban J connectivity index is 1.80. The van der Waals surface area contributed by atoms with Gasteiger partial charge in [-0.1, -0.05) is 89.6 Å². The van der Waals surface area contributed by atoms with Gasteiger partial charge in [-0.3, -0.25) is 9.36 Å². The molecule has 5 heteroatoms. The maximum Gasteiger partial charge on any atom is 0.261 e. The molecule has 1 heterocycles. The predicted molar refractivity (Wildman–Crippen MR) is 158 cm³/mol. The molecule has 0 N–H and O–H groups in total. The van der Waals surface area contributed by atoms with Crippen LogP contribution in [0.15, 0.2) is 77.6 Å². The minimum absolute atomic E-state index is 0.0546. The Hall–Kier alpha value is -4.17. The minimum Gasteiger partial charge on any atom is -0.493 e. The highest BCUT2D eigenvalue weighted by molar-refractivity contribution is 5.72. The van der Waals surface area contributed by atoms with Crippen molar-refractivity contribution in [3.05, 3.63) is 111 Å². The molecule has 0 saturated heterocycles. The van der Waals surface area contributed by atoms with Crippen LogP contribution in [0.2, 0.25) is 0 Å². The third kappa shape index (κ3) is 6.46. The van der Waals surface area contributed by atoms with E-state index in [2.05, 4.69) is 33.8 Å². The van der Waals surface area contributed by atoms with E-state index in [0.29, 0.717) is 37.0 Å². The molecule has 0 aliphatic heterocycles. The van der Waals surface area contributed by atoms with Crippen LogP contribution in [0.25, 0.3) is 16.8 Å². The lowest BCUT2D eigenvalue weighted by Crippen LogP contribution is -2.29. The number of rotatable bonds is 9. The number of aromatic nitrogens is 2. The molecule has 0 fully saturated rings. The zero-order valence-electron chi connectivity index (χ0n) is 23.6. The maximum atomic E-state index is 14.2. The van der Waals surface area contributed by atoms with E-state index in [4.69, 9.17) is 9.72 Å². The van der Waals surface area contributed by atoms with Gasteiger partial charge in [0.05, 0.1) is 23.6 Å². The molecule has 0 aliphatic carbocycles. The summed E-state index contributed by atoms with van der Waals surface area (Å²) in [6.45, 7) is 11.1. The monoisotopic (exact) mass is 519 g/mol. The Morgan fingerprint density at radius 3 is 2.28 bits per heavy atom. The molecule has 0 radical (unpaired) electrons. The van der Waals surface area contributed by atoms with Crippen molar-refractivity contribution in [2.75, 3.05) is 6.61 Å². The second-order valence-corrected chi connectivity index (χ2v) is 11.0. The van der Waals surface area contributed by atoms with Gasteiger partial charge >= 0.3 is 0 Å². The van der Waals surface area contributed by atoms with Crippen LogP contribution in [-0.2, 0) is 19.3 Å². The second-order valence-electron chi connectivity index (χ2n) is 11.0. The molecular formula is C34H37N3O2. The summed E-state index contributed by atoms with van der Waals surface area (Å²) in [4.78, 5) is 19.1. The molecule has 4 aromatic rings. The number of hydrogen-bond acceptors (Lipinski definition) is 4. The van der Waals surface area contributed by atoms with E-state index in [-0.39, 0.29) is 11.0 Å². The third-order valence-electron chi connectivity index (χ3n) is 6.62. The highest BCUT2D eigenvalue weighted by atomic mass is 16.5. The molecule has 5 nitrogen and oxygen atoms in total. The smallest absolute Gasteiger partial charge is 0.261 e. The molecule has 0 aliphatic rings. The summed E-state index contributed by atoms with van der Waals surface area (Å²) in [5.74, 6) is 1.50. The molecule has 39 heavy (non-hydrogen) atoms. The Morgan fingerprint density at radius 1 is 0.949 bits per heavy atom. The van der Waals surface area contributed by atoms with Gasteiger partial charge in [-0.2, -0.15) is 5.26 Å². The van der Waals surface area contributed by atoms with Crippen LogP contribution in [0.5, 0.6) is 5.75 Å². The summed E-state index contributed by atoms with van der Waals surface area (Å²) in [5, 5.41) is 10.2. The molecule has 0 spiro atoms. The number of benzene rings is 3. The largest absolute Gasteiger partial charge is 0.493 e. The van der Waals surface area contributed by atoms with Crippen LogP contribution >= 0.6 is 0 Å². The number of nitrogens with zero attached hydrogens (tertiary/aromatic N) is 3. The van der Waals surface area contributed by atoms with Crippen LogP contribution in [-0.4, -0.2) is 16.2 Å². The van der Waals surface area contributed by atoms with Gasteiger partial charge in [0.25, 0.3) is 5.56 Å². The van der Waals surface area contributed by atoms with Crippen molar-refractivity contribution in [3.63, 3.8) is 0 Å². The van der Waals surface area contributed by atoms with E-state index < -0.39 is 0 Å². The van der Waals surface area contributed by atoms with Gasteiger partial charge in [0, 0.05) is 18.4 Å². The topological polar surface area (TPSA) is 67.9 Å². The van der Waals surface area contributed by atoms with Crippen LogP contribution in [0.3, 0.4) is 0 Å². The highest BCUT2D eigenvalue weighted by Crippen LogP contribution is 2.28. The Bertz CT molecular complexity index is 1520. The van der Waals surface area contributed by atoms with Crippen molar-refractivity contribution in [2.45, 2.75) is 60.3 Å². The van der Waals surface area contributed by atoms with Crippen molar-refractivity contribution in [1.82, 2.24) is 9.55 Å². The average molecular weight is 520 g/mol. The Kier molecular flexibility index (Phi) is 8.66. The molecule has 0 unspecified atom stereocenters. The fourth-order valence-electron chi connectivity index (χ4n) is 4.69. The van der Waals surface area contributed by atoms with Crippen LogP contribution in [0.1, 0.15) is 69.2 Å². The van der Waals surface area contributed by atoms with Gasteiger partial charge in [0.15, 0.2) is 0 Å². The first-order valence-corrected chi connectivity index (χ1v) is 13.7. The van der Waals surface area contributed by atoms with Gasteiger partial charge in [-0.15, -0.1) is 0 Å². The zero-order valence-corrected chi connectivity index (χ0v) is 23.6. The van der Waals surface area contributed by atoms with Gasteiger partial charge < -0.3 is 4.74 Å². The maximum absolute atomic E-state index is 14.2. The van der Waals surface area contributed by atoms with E-state index in [1.54, 1.807) is 4.57 Å². The molecule has 1 aromatic heterocycles. The van der Waals surface area contributed by atoms with Gasteiger partial charge in [-0.25, -0.2) is 4.98 Å². The first-order valence-electron chi connectivity index (χ1n) is 13.7. The van der Waals surface area contributed by atoms with Crippen LogP contribution in [0, 0.1) is 16.7 Å². The average Bonchev–Trinajstić information content (AvgIpc) is 2.94. The molecule has 200 valence electrons. The lowest BCUT2D eigenvalue weighted by molar-refractivity contribution is 0.198. The predicted octanol–water partition coefficient (Wildman–Crippen LogP) is 7.30. The van der Waals surface area contributed by atoms with E-state index in [1.807, 2.05) is 79.7 Å². The van der Waals surface area contributed by atoms with Crippen LogP contribution in [0.4, 0.5) is 0 Å². The SMILES string of the molecule is CCCc1nc(CC)n(-c2ccc(OCC(C)(C)C)cc2)c(=O)c1Cc1cccc(-c2ccccc2)c1C#N. The first kappa shape index (κ1) is 27.9. The summed E-state index contributed by atoms with van der Waals surface area (Å²) < 4.78 is 7.66. The molecule has 4 rings (SSSR count).